The van der Waals surface area contributed by atoms with Crippen LogP contribution >= 0.6 is 0 Å². The monoisotopic (exact) mass is 235 g/mol. The van der Waals surface area contributed by atoms with Crippen LogP contribution in [-0.4, -0.2) is 12.6 Å². The van der Waals surface area contributed by atoms with Crippen molar-refractivity contribution in [2.45, 2.75) is 52.7 Å². The molecule has 96 valence electrons. The highest BCUT2D eigenvalue weighted by Gasteiger charge is 2.11. The predicted molar refractivity (Wildman–Crippen MR) is 73.5 cm³/mol. The van der Waals surface area contributed by atoms with E-state index in [4.69, 9.17) is 4.74 Å². The molecular formula is C15H25NO. The second kappa shape index (κ2) is 7.33. The first-order valence-corrected chi connectivity index (χ1v) is 6.68. The van der Waals surface area contributed by atoms with Crippen LogP contribution in [0.4, 0.5) is 0 Å². The highest BCUT2D eigenvalue weighted by Crippen LogP contribution is 2.26. The fraction of sp³-hybridized carbons (Fsp3) is 0.600. The summed E-state index contributed by atoms with van der Waals surface area (Å²) in [6.45, 7) is 9.67. The SMILES string of the molecule is CCCNC(C)c1ccccc1OC(C)CC. The van der Waals surface area contributed by atoms with E-state index in [1.165, 1.54) is 5.56 Å². The van der Waals surface area contributed by atoms with Gasteiger partial charge in [-0.05, 0) is 39.3 Å². The van der Waals surface area contributed by atoms with Gasteiger partial charge in [0.05, 0.1) is 6.10 Å². The molecule has 17 heavy (non-hydrogen) atoms. The van der Waals surface area contributed by atoms with Gasteiger partial charge >= 0.3 is 0 Å². The van der Waals surface area contributed by atoms with Crippen LogP contribution < -0.4 is 10.1 Å². The van der Waals surface area contributed by atoms with E-state index in [1.54, 1.807) is 0 Å². The lowest BCUT2D eigenvalue weighted by Crippen LogP contribution is -2.21. The molecule has 1 N–H and O–H groups in total. The zero-order chi connectivity index (χ0) is 12.7. The quantitative estimate of drug-likeness (QED) is 0.773. The van der Waals surface area contributed by atoms with E-state index in [2.05, 4.69) is 51.2 Å². The average molecular weight is 235 g/mol. The van der Waals surface area contributed by atoms with Crippen LogP contribution in [0, 0.1) is 0 Å². The first-order chi connectivity index (χ1) is 8.19. The molecule has 0 saturated heterocycles. The zero-order valence-electron chi connectivity index (χ0n) is 11.5. The molecule has 0 aliphatic carbocycles. The molecule has 0 heterocycles. The minimum atomic E-state index is 0.273. The summed E-state index contributed by atoms with van der Waals surface area (Å²) in [5.41, 5.74) is 1.25. The van der Waals surface area contributed by atoms with Crippen LogP contribution in [0.2, 0.25) is 0 Å². The van der Waals surface area contributed by atoms with E-state index in [9.17, 15) is 0 Å². The van der Waals surface area contributed by atoms with Crippen LogP contribution in [0.1, 0.15) is 52.1 Å². The molecule has 2 atom stereocenters. The van der Waals surface area contributed by atoms with Gasteiger partial charge in [0.25, 0.3) is 0 Å². The molecule has 1 aromatic rings. The van der Waals surface area contributed by atoms with Gasteiger partial charge in [0.1, 0.15) is 5.75 Å². The van der Waals surface area contributed by atoms with Gasteiger partial charge in [-0.3, -0.25) is 0 Å². The third kappa shape index (κ3) is 4.39. The Bertz CT molecular complexity index is 324. The van der Waals surface area contributed by atoms with Gasteiger partial charge in [-0.15, -0.1) is 0 Å². The van der Waals surface area contributed by atoms with Crippen molar-refractivity contribution in [1.82, 2.24) is 5.32 Å². The molecule has 2 heteroatoms. The summed E-state index contributed by atoms with van der Waals surface area (Å²) in [6.07, 6.45) is 2.46. The Morgan fingerprint density at radius 3 is 2.53 bits per heavy atom. The number of para-hydroxylation sites is 1. The summed E-state index contributed by atoms with van der Waals surface area (Å²) in [5, 5.41) is 3.50. The van der Waals surface area contributed by atoms with Crippen LogP contribution in [0.3, 0.4) is 0 Å². The minimum Gasteiger partial charge on any atom is -0.490 e. The molecule has 0 fully saturated rings. The van der Waals surface area contributed by atoms with E-state index in [-0.39, 0.29) is 6.10 Å². The third-order valence-electron chi connectivity index (χ3n) is 2.99. The normalized spacial score (nSPS) is 14.4. The van der Waals surface area contributed by atoms with Crippen molar-refractivity contribution in [3.63, 3.8) is 0 Å². The summed E-state index contributed by atoms with van der Waals surface area (Å²) in [4.78, 5) is 0. The lowest BCUT2D eigenvalue weighted by molar-refractivity contribution is 0.213. The van der Waals surface area contributed by atoms with Crippen LogP contribution in [0.15, 0.2) is 24.3 Å². The summed E-state index contributed by atoms with van der Waals surface area (Å²) < 4.78 is 5.96. The number of ether oxygens (including phenoxy) is 1. The molecule has 0 aliphatic rings. The van der Waals surface area contributed by atoms with Crippen molar-refractivity contribution in [3.8, 4) is 5.75 Å². The molecule has 2 unspecified atom stereocenters. The van der Waals surface area contributed by atoms with Gasteiger partial charge in [-0.1, -0.05) is 32.0 Å². The number of benzene rings is 1. The summed E-state index contributed by atoms with van der Waals surface area (Å²) >= 11 is 0. The Hall–Kier alpha value is -1.02. The van der Waals surface area contributed by atoms with E-state index < -0.39 is 0 Å². The van der Waals surface area contributed by atoms with Crippen LogP contribution in [0.25, 0.3) is 0 Å². The molecule has 0 spiro atoms. The smallest absolute Gasteiger partial charge is 0.124 e. The van der Waals surface area contributed by atoms with Gasteiger partial charge < -0.3 is 10.1 Å². The zero-order valence-corrected chi connectivity index (χ0v) is 11.5. The van der Waals surface area contributed by atoms with Gasteiger partial charge in [0.2, 0.25) is 0 Å². The largest absolute Gasteiger partial charge is 0.490 e. The fourth-order valence-electron chi connectivity index (χ4n) is 1.72. The van der Waals surface area contributed by atoms with Crippen LogP contribution in [0.5, 0.6) is 5.75 Å². The van der Waals surface area contributed by atoms with Gasteiger partial charge in [-0.2, -0.15) is 0 Å². The molecule has 2 nitrogen and oxygen atoms in total. The summed E-state index contributed by atoms with van der Waals surface area (Å²) in [5.74, 6) is 1.01. The lowest BCUT2D eigenvalue weighted by atomic mass is 10.1. The van der Waals surface area contributed by atoms with Crippen molar-refractivity contribution in [2.24, 2.45) is 0 Å². The Labute approximate surface area is 105 Å². The number of hydrogen-bond acceptors (Lipinski definition) is 2. The Kier molecular flexibility index (Phi) is 6.06. The number of nitrogens with one attached hydrogen (secondary N) is 1. The Morgan fingerprint density at radius 2 is 1.88 bits per heavy atom. The van der Waals surface area contributed by atoms with E-state index in [1.807, 2.05) is 6.07 Å². The summed E-state index contributed by atoms with van der Waals surface area (Å²) in [6, 6.07) is 8.66. The fourth-order valence-corrected chi connectivity index (χ4v) is 1.72. The van der Waals surface area contributed by atoms with Gasteiger partial charge in [-0.25, -0.2) is 0 Å². The van der Waals surface area contributed by atoms with Gasteiger partial charge in [0, 0.05) is 11.6 Å². The van der Waals surface area contributed by atoms with E-state index in [0.717, 1.165) is 25.1 Å². The highest BCUT2D eigenvalue weighted by molar-refractivity contribution is 5.35. The Morgan fingerprint density at radius 1 is 1.18 bits per heavy atom. The molecule has 0 saturated carbocycles. The first kappa shape index (κ1) is 14.0. The lowest BCUT2D eigenvalue weighted by Gasteiger charge is -2.20. The minimum absolute atomic E-state index is 0.273. The molecule has 1 rings (SSSR count). The van der Waals surface area contributed by atoms with Gasteiger partial charge in [0.15, 0.2) is 0 Å². The van der Waals surface area contributed by atoms with Crippen LogP contribution in [-0.2, 0) is 0 Å². The topological polar surface area (TPSA) is 21.3 Å². The maximum atomic E-state index is 5.96. The molecule has 0 bridgehead atoms. The molecule has 0 aromatic heterocycles. The molecule has 0 amide bonds. The molecule has 0 radical (unpaired) electrons. The van der Waals surface area contributed by atoms with E-state index >= 15 is 0 Å². The van der Waals surface area contributed by atoms with E-state index in [0.29, 0.717) is 6.04 Å². The molecule has 0 aliphatic heterocycles. The third-order valence-corrected chi connectivity index (χ3v) is 2.99. The Balaban J connectivity index is 2.76. The number of rotatable bonds is 7. The van der Waals surface area contributed by atoms with Crippen molar-refractivity contribution in [1.29, 1.82) is 0 Å². The van der Waals surface area contributed by atoms with Crippen molar-refractivity contribution in [3.05, 3.63) is 29.8 Å². The standard InChI is InChI=1S/C15H25NO/c1-5-11-16-13(4)14-9-7-8-10-15(14)17-12(3)6-2/h7-10,12-13,16H,5-6,11H2,1-4H3. The first-order valence-electron chi connectivity index (χ1n) is 6.68. The second-order valence-corrected chi connectivity index (χ2v) is 4.55. The molecule has 1 aromatic carbocycles. The maximum Gasteiger partial charge on any atom is 0.124 e. The van der Waals surface area contributed by atoms with Crippen molar-refractivity contribution >= 4 is 0 Å². The predicted octanol–water partition coefficient (Wildman–Crippen LogP) is 3.92. The van der Waals surface area contributed by atoms with Crippen molar-refractivity contribution in [2.75, 3.05) is 6.54 Å². The average Bonchev–Trinajstić information content (AvgIpc) is 2.36. The van der Waals surface area contributed by atoms with Crippen molar-refractivity contribution < 1.29 is 4.74 Å². The number of hydrogen-bond donors (Lipinski definition) is 1. The molecular weight excluding hydrogens is 210 g/mol. The maximum absolute atomic E-state index is 5.96. The highest BCUT2D eigenvalue weighted by atomic mass is 16.5. The second-order valence-electron chi connectivity index (χ2n) is 4.55. The summed E-state index contributed by atoms with van der Waals surface area (Å²) in [7, 11) is 0.